The van der Waals surface area contributed by atoms with Crippen molar-refractivity contribution in [3.8, 4) is 0 Å². The van der Waals surface area contributed by atoms with E-state index in [-0.39, 0.29) is 18.5 Å². The maximum Gasteiger partial charge on any atom is 0.240 e. The first-order chi connectivity index (χ1) is 10.2. The number of imidazole rings is 1. The van der Waals surface area contributed by atoms with Crippen LogP contribution in [-0.2, 0) is 4.79 Å². The Balaban J connectivity index is 1.56. The Labute approximate surface area is 120 Å². The van der Waals surface area contributed by atoms with Gasteiger partial charge in [-0.3, -0.25) is 20.5 Å². The molecule has 0 fully saturated rings. The zero-order valence-electron chi connectivity index (χ0n) is 11.4. The maximum atomic E-state index is 11.9. The number of amides is 1. The molecule has 21 heavy (non-hydrogen) atoms. The van der Waals surface area contributed by atoms with Gasteiger partial charge in [0.1, 0.15) is 12.2 Å². The van der Waals surface area contributed by atoms with Gasteiger partial charge in [-0.1, -0.05) is 12.1 Å². The van der Waals surface area contributed by atoms with Gasteiger partial charge in [0, 0.05) is 0 Å². The summed E-state index contributed by atoms with van der Waals surface area (Å²) < 4.78 is 0. The van der Waals surface area contributed by atoms with Gasteiger partial charge in [0.15, 0.2) is 0 Å². The Bertz CT molecular complexity index is 701. The van der Waals surface area contributed by atoms with E-state index in [0.29, 0.717) is 11.8 Å². The summed E-state index contributed by atoms with van der Waals surface area (Å²) in [6.07, 6.45) is 1.43. The summed E-state index contributed by atoms with van der Waals surface area (Å²) in [6.45, 7) is 2.05. The Morgan fingerprint density at radius 2 is 2.24 bits per heavy atom. The molecule has 108 valence electrons. The van der Waals surface area contributed by atoms with Crippen molar-refractivity contribution in [3.05, 3.63) is 36.4 Å². The number of hydrogen-bond donors (Lipinski definition) is 4. The number of para-hydroxylation sites is 2. The van der Waals surface area contributed by atoms with E-state index in [4.69, 9.17) is 0 Å². The van der Waals surface area contributed by atoms with Crippen LogP contribution in [0.1, 0.15) is 18.8 Å². The van der Waals surface area contributed by atoms with Gasteiger partial charge in [-0.2, -0.15) is 5.10 Å². The summed E-state index contributed by atoms with van der Waals surface area (Å²) >= 11 is 0. The molecule has 3 aromatic rings. The van der Waals surface area contributed by atoms with Crippen LogP contribution in [0.5, 0.6) is 0 Å². The van der Waals surface area contributed by atoms with Gasteiger partial charge in [-0.25, -0.2) is 9.97 Å². The molecule has 0 aliphatic rings. The van der Waals surface area contributed by atoms with Crippen molar-refractivity contribution in [1.29, 1.82) is 0 Å². The lowest BCUT2D eigenvalue weighted by atomic mass is 10.3. The zero-order chi connectivity index (χ0) is 14.7. The van der Waals surface area contributed by atoms with Crippen LogP contribution in [0.4, 0.5) is 5.95 Å². The van der Waals surface area contributed by atoms with E-state index in [1.165, 1.54) is 6.33 Å². The van der Waals surface area contributed by atoms with E-state index < -0.39 is 0 Å². The Morgan fingerprint density at radius 1 is 1.38 bits per heavy atom. The molecule has 1 aromatic carbocycles. The molecular formula is C13H15N7O. The average Bonchev–Trinajstić information content (AvgIpc) is 3.13. The van der Waals surface area contributed by atoms with Crippen LogP contribution in [0.3, 0.4) is 0 Å². The first-order valence-electron chi connectivity index (χ1n) is 6.55. The van der Waals surface area contributed by atoms with Crippen molar-refractivity contribution in [3.63, 3.8) is 0 Å². The first kappa shape index (κ1) is 13.3. The third-order valence-electron chi connectivity index (χ3n) is 3.06. The summed E-state index contributed by atoms with van der Waals surface area (Å²) in [5, 5.41) is 12.3. The van der Waals surface area contributed by atoms with Crippen molar-refractivity contribution in [2.75, 3.05) is 11.9 Å². The highest BCUT2D eigenvalue weighted by molar-refractivity contribution is 5.92. The minimum atomic E-state index is -0.180. The molecule has 2 aromatic heterocycles. The van der Waals surface area contributed by atoms with Crippen LogP contribution < -0.4 is 10.6 Å². The molecule has 2 heterocycles. The van der Waals surface area contributed by atoms with Crippen LogP contribution >= 0.6 is 0 Å². The topological polar surface area (TPSA) is 111 Å². The largest absolute Gasteiger partial charge is 0.324 e. The minimum Gasteiger partial charge on any atom is -0.324 e. The molecule has 0 saturated heterocycles. The number of nitrogens with one attached hydrogen (secondary N) is 4. The lowest BCUT2D eigenvalue weighted by Gasteiger charge is -2.09. The van der Waals surface area contributed by atoms with Gasteiger partial charge in [0.2, 0.25) is 11.9 Å². The minimum absolute atomic E-state index is 0.0890. The lowest BCUT2D eigenvalue weighted by Crippen LogP contribution is -2.30. The molecule has 1 amide bonds. The van der Waals surface area contributed by atoms with E-state index in [1.54, 1.807) is 0 Å². The summed E-state index contributed by atoms with van der Waals surface area (Å²) in [6, 6.07) is 7.50. The normalized spacial score (nSPS) is 12.4. The predicted molar refractivity (Wildman–Crippen MR) is 77.5 cm³/mol. The summed E-state index contributed by atoms with van der Waals surface area (Å²) in [4.78, 5) is 23.2. The van der Waals surface area contributed by atoms with Gasteiger partial charge < -0.3 is 4.98 Å². The fourth-order valence-corrected chi connectivity index (χ4v) is 1.95. The molecule has 0 bridgehead atoms. The second-order valence-corrected chi connectivity index (χ2v) is 4.62. The smallest absolute Gasteiger partial charge is 0.240 e. The molecule has 8 heteroatoms. The fraction of sp³-hybridized carbons (Fsp3) is 0.231. The van der Waals surface area contributed by atoms with Crippen molar-refractivity contribution in [2.24, 2.45) is 0 Å². The summed E-state index contributed by atoms with van der Waals surface area (Å²) in [5.74, 6) is 0.947. The number of rotatable bonds is 5. The SMILES string of the molecule is C[C@@H](NCC(=O)Nc1nc2ccccc2[nH]1)c1ncn[nH]1. The molecule has 4 N–H and O–H groups in total. The number of carbonyl (C=O) groups is 1. The van der Waals surface area contributed by atoms with Crippen molar-refractivity contribution >= 4 is 22.9 Å². The highest BCUT2D eigenvalue weighted by Crippen LogP contribution is 2.13. The third kappa shape index (κ3) is 3.06. The predicted octanol–water partition coefficient (Wildman–Crippen LogP) is 0.970. The number of anilines is 1. The van der Waals surface area contributed by atoms with Gasteiger partial charge in [-0.15, -0.1) is 0 Å². The number of nitrogens with zero attached hydrogens (tertiary/aromatic N) is 3. The molecule has 8 nitrogen and oxygen atoms in total. The molecule has 0 spiro atoms. The number of aromatic nitrogens is 5. The number of aromatic amines is 2. The van der Waals surface area contributed by atoms with E-state index in [2.05, 4.69) is 35.8 Å². The molecule has 0 saturated carbocycles. The summed E-state index contributed by atoms with van der Waals surface area (Å²) in [7, 11) is 0. The number of H-pyrrole nitrogens is 2. The maximum absolute atomic E-state index is 11.9. The Hall–Kier alpha value is -2.74. The fourth-order valence-electron chi connectivity index (χ4n) is 1.95. The van der Waals surface area contributed by atoms with Crippen LogP contribution in [0.2, 0.25) is 0 Å². The van der Waals surface area contributed by atoms with Crippen LogP contribution in [0.15, 0.2) is 30.6 Å². The van der Waals surface area contributed by atoms with Gasteiger partial charge in [-0.05, 0) is 19.1 Å². The lowest BCUT2D eigenvalue weighted by molar-refractivity contribution is -0.115. The van der Waals surface area contributed by atoms with E-state index >= 15 is 0 Å². The molecule has 0 aliphatic heterocycles. The zero-order valence-corrected chi connectivity index (χ0v) is 11.4. The van der Waals surface area contributed by atoms with Gasteiger partial charge in [0.25, 0.3) is 0 Å². The van der Waals surface area contributed by atoms with Crippen molar-refractivity contribution in [1.82, 2.24) is 30.5 Å². The number of benzene rings is 1. The Kier molecular flexibility index (Phi) is 3.61. The molecule has 0 aliphatic carbocycles. The molecular weight excluding hydrogens is 270 g/mol. The van der Waals surface area contributed by atoms with E-state index in [0.717, 1.165) is 11.0 Å². The van der Waals surface area contributed by atoms with Gasteiger partial charge >= 0.3 is 0 Å². The quantitative estimate of drug-likeness (QED) is 0.558. The highest BCUT2D eigenvalue weighted by Gasteiger charge is 2.11. The number of fused-ring (bicyclic) bond motifs is 1. The molecule has 0 radical (unpaired) electrons. The van der Waals surface area contributed by atoms with E-state index in [9.17, 15) is 4.79 Å². The molecule has 1 atom stereocenters. The Morgan fingerprint density at radius 3 is 3.00 bits per heavy atom. The average molecular weight is 285 g/mol. The third-order valence-corrected chi connectivity index (χ3v) is 3.06. The monoisotopic (exact) mass is 285 g/mol. The first-order valence-corrected chi connectivity index (χ1v) is 6.55. The molecule has 0 unspecified atom stereocenters. The van der Waals surface area contributed by atoms with Crippen molar-refractivity contribution in [2.45, 2.75) is 13.0 Å². The van der Waals surface area contributed by atoms with Crippen LogP contribution in [0.25, 0.3) is 11.0 Å². The standard InChI is InChI=1S/C13H15N7O/c1-8(12-15-7-16-20-12)14-6-11(21)19-13-17-9-4-2-3-5-10(9)18-13/h2-5,7-8,14H,6H2,1H3,(H,15,16,20)(H2,17,18,19,21)/t8-/m1/s1. The second kappa shape index (κ2) is 5.71. The summed E-state index contributed by atoms with van der Waals surface area (Å²) in [5.41, 5.74) is 1.70. The van der Waals surface area contributed by atoms with E-state index in [1.807, 2.05) is 31.2 Å². The molecule has 3 rings (SSSR count). The highest BCUT2D eigenvalue weighted by atomic mass is 16.2. The van der Waals surface area contributed by atoms with Crippen LogP contribution in [-0.4, -0.2) is 37.6 Å². The van der Waals surface area contributed by atoms with Crippen molar-refractivity contribution < 1.29 is 4.79 Å². The van der Waals surface area contributed by atoms with Gasteiger partial charge in [0.05, 0.1) is 23.6 Å². The number of hydrogen-bond acceptors (Lipinski definition) is 5. The number of carbonyl (C=O) groups excluding carboxylic acids is 1. The second-order valence-electron chi connectivity index (χ2n) is 4.62. The van der Waals surface area contributed by atoms with Crippen LogP contribution in [0, 0.1) is 0 Å².